The standard InChI is InChI=1S/C19H22ClN3O3/c1-3-10-23-12-16(8-9-19(23)26)22-18(25)11-17(21-13(2)24)14-4-6-15(20)7-5-14/h4-9,12,17H,3,10-11H2,1-2H3,(H,21,24)(H,22,25)/t17-/m0/s1. The largest absolute Gasteiger partial charge is 0.349 e. The zero-order chi connectivity index (χ0) is 19.1. The van der Waals surface area contributed by atoms with Gasteiger partial charge in [0, 0.05) is 30.8 Å². The number of halogens is 1. The van der Waals surface area contributed by atoms with E-state index in [1.807, 2.05) is 6.92 Å². The summed E-state index contributed by atoms with van der Waals surface area (Å²) in [5.41, 5.74) is 1.22. The van der Waals surface area contributed by atoms with Crippen LogP contribution in [0.15, 0.2) is 47.4 Å². The summed E-state index contributed by atoms with van der Waals surface area (Å²) in [6, 6.07) is 9.51. The number of aryl methyl sites for hydroxylation is 1. The summed E-state index contributed by atoms with van der Waals surface area (Å²) in [4.78, 5) is 35.7. The van der Waals surface area contributed by atoms with Crippen LogP contribution in [0, 0.1) is 0 Å². The van der Waals surface area contributed by atoms with Crippen LogP contribution in [0.5, 0.6) is 0 Å². The lowest BCUT2D eigenvalue weighted by Crippen LogP contribution is -2.30. The lowest BCUT2D eigenvalue weighted by Gasteiger charge is -2.18. The van der Waals surface area contributed by atoms with Gasteiger partial charge >= 0.3 is 0 Å². The molecule has 0 spiro atoms. The minimum atomic E-state index is -0.466. The monoisotopic (exact) mass is 375 g/mol. The molecule has 138 valence electrons. The predicted octanol–water partition coefficient (Wildman–Crippen LogP) is 3.12. The van der Waals surface area contributed by atoms with E-state index in [9.17, 15) is 14.4 Å². The van der Waals surface area contributed by atoms with Gasteiger partial charge in [0.25, 0.3) is 5.56 Å². The molecule has 2 amide bonds. The average Bonchev–Trinajstić information content (AvgIpc) is 2.58. The van der Waals surface area contributed by atoms with Crippen LogP contribution in [0.4, 0.5) is 5.69 Å². The first-order valence-corrected chi connectivity index (χ1v) is 8.79. The number of hydrogen-bond acceptors (Lipinski definition) is 3. The zero-order valence-corrected chi connectivity index (χ0v) is 15.5. The summed E-state index contributed by atoms with van der Waals surface area (Å²) < 4.78 is 1.56. The fourth-order valence-corrected chi connectivity index (χ4v) is 2.74. The van der Waals surface area contributed by atoms with Gasteiger partial charge in [-0.25, -0.2) is 0 Å². The molecule has 1 heterocycles. The third-order valence-corrected chi connectivity index (χ3v) is 4.02. The van der Waals surface area contributed by atoms with Gasteiger partial charge in [0.15, 0.2) is 0 Å². The molecule has 0 saturated heterocycles. The van der Waals surface area contributed by atoms with Crippen LogP contribution in [-0.4, -0.2) is 16.4 Å². The molecule has 0 aliphatic heterocycles. The quantitative estimate of drug-likeness (QED) is 0.780. The molecule has 0 saturated carbocycles. The number of hydrogen-bond donors (Lipinski definition) is 2. The Balaban J connectivity index is 2.11. The Labute approximate surface area is 157 Å². The molecular formula is C19H22ClN3O3. The number of carbonyl (C=O) groups is 2. The van der Waals surface area contributed by atoms with Crippen LogP contribution in [0.3, 0.4) is 0 Å². The van der Waals surface area contributed by atoms with Crippen molar-refractivity contribution in [2.75, 3.05) is 5.32 Å². The molecule has 26 heavy (non-hydrogen) atoms. The van der Waals surface area contributed by atoms with Crippen molar-refractivity contribution in [2.45, 2.75) is 39.3 Å². The number of carbonyl (C=O) groups excluding carboxylic acids is 2. The number of nitrogens with zero attached hydrogens (tertiary/aromatic N) is 1. The molecule has 0 unspecified atom stereocenters. The van der Waals surface area contributed by atoms with E-state index < -0.39 is 6.04 Å². The molecule has 0 bridgehead atoms. The second-order valence-electron chi connectivity index (χ2n) is 6.01. The number of benzene rings is 1. The van der Waals surface area contributed by atoms with E-state index in [2.05, 4.69) is 10.6 Å². The highest BCUT2D eigenvalue weighted by molar-refractivity contribution is 6.30. The molecule has 2 rings (SSSR count). The summed E-state index contributed by atoms with van der Waals surface area (Å²) in [6.45, 7) is 3.96. The number of nitrogens with one attached hydrogen (secondary N) is 2. The van der Waals surface area contributed by atoms with Gasteiger partial charge in [-0.05, 0) is 30.2 Å². The minimum Gasteiger partial charge on any atom is -0.349 e. The molecule has 0 radical (unpaired) electrons. The molecule has 0 aliphatic rings. The highest BCUT2D eigenvalue weighted by atomic mass is 35.5. The molecule has 7 heteroatoms. The maximum atomic E-state index is 12.4. The van der Waals surface area contributed by atoms with Gasteiger partial charge in [-0.2, -0.15) is 0 Å². The van der Waals surface area contributed by atoms with Crippen LogP contribution in [0.25, 0.3) is 0 Å². The van der Waals surface area contributed by atoms with E-state index >= 15 is 0 Å². The van der Waals surface area contributed by atoms with Crippen LogP contribution in [0.1, 0.15) is 38.3 Å². The minimum absolute atomic E-state index is 0.0636. The van der Waals surface area contributed by atoms with Gasteiger partial charge in [0.1, 0.15) is 0 Å². The average molecular weight is 376 g/mol. The summed E-state index contributed by atoms with van der Waals surface area (Å²) in [7, 11) is 0. The Morgan fingerprint density at radius 3 is 2.46 bits per heavy atom. The molecule has 0 aliphatic carbocycles. The molecule has 1 aromatic carbocycles. The van der Waals surface area contributed by atoms with Crippen molar-refractivity contribution >= 4 is 29.1 Å². The van der Waals surface area contributed by atoms with E-state index in [1.54, 1.807) is 41.1 Å². The van der Waals surface area contributed by atoms with Crippen molar-refractivity contribution in [1.82, 2.24) is 9.88 Å². The Kier molecular flexibility index (Phi) is 6.97. The van der Waals surface area contributed by atoms with E-state index in [-0.39, 0.29) is 23.8 Å². The first-order chi connectivity index (χ1) is 12.4. The SMILES string of the molecule is CCCn1cc(NC(=O)C[C@H](NC(C)=O)c2ccc(Cl)cc2)ccc1=O. The fraction of sp³-hybridized carbons (Fsp3) is 0.316. The van der Waals surface area contributed by atoms with Crippen LogP contribution >= 0.6 is 11.6 Å². The number of aromatic nitrogens is 1. The lowest BCUT2D eigenvalue weighted by molar-refractivity contribution is -0.120. The Bertz CT molecular complexity index is 831. The van der Waals surface area contributed by atoms with Crippen molar-refractivity contribution in [3.05, 3.63) is 63.5 Å². The second-order valence-corrected chi connectivity index (χ2v) is 6.44. The van der Waals surface area contributed by atoms with E-state index in [0.29, 0.717) is 17.3 Å². The predicted molar refractivity (Wildman–Crippen MR) is 102 cm³/mol. The Morgan fingerprint density at radius 1 is 1.15 bits per heavy atom. The summed E-state index contributed by atoms with van der Waals surface area (Å²) >= 11 is 5.89. The summed E-state index contributed by atoms with van der Waals surface area (Å²) in [5.74, 6) is -0.491. The topological polar surface area (TPSA) is 80.2 Å². The first kappa shape index (κ1) is 19.7. The second kappa shape index (κ2) is 9.20. The molecular weight excluding hydrogens is 354 g/mol. The Morgan fingerprint density at radius 2 is 1.85 bits per heavy atom. The summed E-state index contributed by atoms with van der Waals surface area (Å²) in [6.07, 6.45) is 2.51. The third-order valence-electron chi connectivity index (χ3n) is 3.77. The van der Waals surface area contributed by atoms with E-state index in [4.69, 9.17) is 11.6 Å². The van der Waals surface area contributed by atoms with Gasteiger partial charge in [0.2, 0.25) is 11.8 Å². The van der Waals surface area contributed by atoms with Crippen LogP contribution < -0.4 is 16.2 Å². The van der Waals surface area contributed by atoms with Crippen molar-refractivity contribution in [1.29, 1.82) is 0 Å². The zero-order valence-electron chi connectivity index (χ0n) is 14.8. The Hall–Kier alpha value is -2.60. The summed E-state index contributed by atoms with van der Waals surface area (Å²) in [5, 5.41) is 6.13. The van der Waals surface area contributed by atoms with Crippen molar-refractivity contribution in [2.24, 2.45) is 0 Å². The van der Waals surface area contributed by atoms with Gasteiger partial charge in [-0.1, -0.05) is 30.7 Å². The normalized spacial score (nSPS) is 11.7. The number of anilines is 1. The number of amides is 2. The maximum absolute atomic E-state index is 12.4. The number of pyridine rings is 1. The third kappa shape index (κ3) is 5.74. The van der Waals surface area contributed by atoms with Gasteiger partial charge < -0.3 is 15.2 Å². The van der Waals surface area contributed by atoms with E-state index in [0.717, 1.165) is 12.0 Å². The van der Waals surface area contributed by atoms with Gasteiger partial charge in [-0.3, -0.25) is 14.4 Å². The van der Waals surface area contributed by atoms with Gasteiger partial charge in [0.05, 0.1) is 18.2 Å². The van der Waals surface area contributed by atoms with E-state index in [1.165, 1.54) is 13.0 Å². The van der Waals surface area contributed by atoms with Crippen LogP contribution in [0.2, 0.25) is 5.02 Å². The highest BCUT2D eigenvalue weighted by Crippen LogP contribution is 2.20. The van der Waals surface area contributed by atoms with Crippen molar-refractivity contribution in [3.63, 3.8) is 0 Å². The van der Waals surface area contributed by atoms with Crippen LogP contribution in [-0.2, 0) is 16.1 Å². The van der Waals surface area contributed by atoms with Crippen molar-refractivity contribution < 1.29 is 9.59 Å². The van der Waals surface area contributed by atoms with Crippen molar-refractivity contribution in [3.8, 4) is 0 Å². The lowest BCUT2D eigenvalue weighted by atomic mass is 10.0. The molecule has 1 atom stereocenters. The maximum Gasteiger partial charge on any atom is 0.250 e. The highest BCUT2D eigenvalue weighted by Gasteiger charge is 2.17. The molecule has 0 fully saturated rings. The van der Waals surface area contributed by atoms with Gasteiger partial charge in [-0.15, -0.1) is 0 Å². The molecule has 1 aromatic heterocycles. The first-order valence-electron chi connectivity index (χ1n) is 8.42. The molecule has 2 N–H and O–H groups in total. The number of rotatable bonds is 7. The smallest absolute Gasteiger partial charge is 0.250 e. The molecule has 6 nitrogen and oxygen atoms in total. The molecule has 2 aromatic rings. The fourth-order valence-electron chi connectivity index (χ4n) is 2.61.